The minimum atomic E-state index is -0.0167. The highest BCUT2D eigenvalue weighted by Crippen LogP contribution is 2.15. The second-order valence-corrected chi connectivity index (χ2v) is 6.64. The molecule has 1 aromatic heterocycles. The van der Waals surface area contributed by atoms with Crippen LogP contribution in [0.4, 0.5) is 0 Å². The summed E-state index contributed by atoms with van der Waals surface area (Å²) in [6.07, 6.45) is 0.737. The number of ether oxygens (including phenoxy) is 1. The van der Waals surface area contributed by atoms with Crippen molar-refractivity contribution < 1.29 is 9.53 Å². The lowest BCUT2D eigenvalue weighted by atomic mass is 10.1. The molecule has 5 heteroatoms. The van der Waals surface area contributed by atoms with Crippen LogP contribution in [0.3, 0.4) is 0 Å². The molecule has 2 aromatic carbocycles. The second kappa shape index (κ2) is 8.08. The monoisotopic (exact) mass is 364 g/mol. The summed E-state index contributed by atoms with van der Waals surface area (Å²) in [5.74, 6) is 0.795. The zero-order chi connectivity index (χ0) is 19.4. The van der Waals surface area contributed by atoms with Gasteiger partial charge >= 0.3 is 0 Å². The molecule has 1 N–H and O–H groups in total. The van der Waals surface area contributed by atoms with Gasteiger partial charge in [-0.05, 0) is 43.2 Å². The fourth-order valence-corrected chi connectivity index (χ4v) is 3.14. The van der Waals surface area contributed by atoms with Gasteiger partial charge in [0.05, 0.1) is 13.7 Å². The minimum absolute atomic E-state index is 0.0120. The Bertz CT molecular complexity index is 1010. The number of carbonyl (C=O) groups is 1. The van der Waals surface area contributed by atoms with Crippen molar-refractivity contribution in [3.63, 3.8) is 0 Å². The van der Waals surface area contributed by atoms with Gasteiger partial charge in [0, 0.05) is 35.6 Å². The van der Waals surface area contributed by atoms with Gasteiger partial charge in [-0.3, -0.25) is 9.59 Å². The zero-order valence-electron chi connectivity index (χ0n) is 15.9. The first kappa shape index (κ1) is 18.7. The van der Waals surface area contributed by atoms with Crippen molar-refractivity contribution in [3.8, 4) is 5.75 Å². The Balaban J connectivity index is 1.80. The van der Waals surface area contributed by atoms with Gasteiger partial charge in [0.1, 0.15) is 5.75 Å². The van der Waals surface area contributed by atoms with Crippen molar-refractivity contribution in [3.05, 3.63) is 75.6 Å². The van der Waals surface area contributed by atoms with Crippen LogP contribution in [-0.2, 0) is 17.8 Å². The van der Waals surface area contributed by atoms with Gasteiger partial charge in [-0.15, -0.1) is 0 Å². The lowest BCUT2D eigenvalue weighted by molar-refractivity contribution is -0.129. The maximum atomic E-state index is 12.6. The van der Waals surface area contributed by atoms with E-state index in [-0.39, 0.29) is 11.3 Å². The molecule has 0 aliphatic heterocycles. The Morgan fingerprint density at radius 1 is 1.11 bits per heavy atom. The maximum absolute atomic E-state index is 12.6. The Morgan fingerprint density at radius 3 is 2.48 bits per heavy atom. The van der Waals surface area contributed by atoms with E-state index in [1.54, 1.807) is 18.9 Å². The molecule has 5 nitrogen and oxygen atoms in total. The molecule has 0 radical (unpaired) electrons. The van der Waals surface area contributed by atoms with E-state index in [1.807, 2.05) is 55.5 Å². The highest BCUT2D eigenvalue weighted by atomic mass is 16.5. The van der Waals surface area contributed by atoms with Crippen LogP contribution >= 0.6 is 0 Å². The fraction of sp³-hybridized carbons (Fsp3) is 0.273. The number of amides is 1. The number of methoxy groups -OCH3 is 1. The topological polar surface area (TPSA) is 62.4 Å². The van der Waals surface area contributed by atoms with Crippen molar-refractivity contribution in [1.82, 2.24) is 9.88 Å². The summed E-state index contributed by atoms with van der Waals surface area (Å²) in [5.41, 5.74) is 3.37. The number of nitrogens with one attached hydrogen (secondary N) is 1. The van der Waals surface area contributed by atoms with Gasteiger partial charge in [0.15, 0.2) is 5.43 Å². The number of rotatable bonds is 6. The number of hydrogen-bond donors (Lipinski definition) is 1. The third kappa shape index (κ3) is 4.19. The van der Waals surface area contributed by atoms with Gasteiger partial charge in [-0.1, -0.05) is 24.3 Å². The SMILES string of the molecule is COc1ccc(CCN(Cc2[nH]c3ccccc3c(=O)c2C)C(C)=O)cc1. The molecular formula is C22H24N2O3. The van der Waals surface area contributed by atoms with Crippen LogP contribution < -0.4 is 10.2 Å². The zero-order valence-corrected chi connectivity index (χ0v) is 15.9. The summed E-state index contributed by atoms with van der Waals surface area (Å²) in [6.45, 7) is 4.33. The van der Waals surface area contributed by atoms with E-state index in [0.717, 1.165) is 28.9 Å². The number of para-hydroxylation sites is 1. The largest absolute Gasteiger partial charge is 0.497 e. The van der Waals surface area contributed by atoms with E-state index in [0.29, 0.717) is 24.0 Å². The molecule has 140 valence electrons. The highest BCUT2D eigenvalue weighted by molar-refractivity contribution is 5.79. The Kier molecular flexibility index (Phi) is 5.60. The van der Waals surface area contributed by atoms with E-state index in [2.05, 4.69) is 4.98 Å². The van der Waals surface area contributed by atoms with Crippen LogP contribution in [0.2, 0.25) is 0 Å². The van der Waals surface area contributed by atoms with E-state index in [4.69, 9.17) is 4.74 Å². The minimum Gasteiger partial charge on any atom is -0.497 e. The maximum Gasteiger partial charge on any atom is 0.219 e. The number of benzene rings is 2. The summed E-state index contributed by atoms with van der Waals surface area (Å²) in [6, 6.07) is 15.3. The van der Waals surface area contributed by atoms with Crippen LogP contribution in [0.15, 0.2) is 53.3 Å². The molecule has 0 atom stereocenters. The second-order valence-electron chi connectivity index (χ2n) is 6.64. The number of fused-ring (bicyclic) bond motifs is 1. The molecule has 3 rings (SSSR count). The van der Waals surface area contributed by atoms with Crippen LogP contribution in [-0.4, -0.2) is 29.4 Å². The molecular weight excluding hydrogens is 340 g/mol. The van der Waals surface area contributed by atoms with Gasteiger partial charge in [-0.2, -0.15) is 0 Å². The highest BCUT2D eigenvalue weighted by Gasteiger charge is 2.14. The van der Waals surface area contributed by atoms with Crippen LogP contribution in [0.1, 0.15) is 23.7 Å². The van der Waals surface area contributed by atoms with Gasteiger partial charge < -0.3 is 14.6 Å². The molecule has 27 heavy (non-hydrogen) atoms. The van der Waals surface area contributed by atoms with Crippen LogP contribution in [0.5, 0.6) is 5.75 Å². The van der Waals surface area contributed by atoms with E-state index in [9.17, 15) is 9.59 Å². The lowest BCUT2D eigenvalue weighted by Crippen LogP contribution is -2.31. The summed E-state index contributed by atoms with van der Waals surface area (Å²) >= 11 is 0. The number of aromatic nitrogens is 1. The lowest BCUT2D eigenvalue weighted by Gasteiger charge is -2.22. The molecule has 0 aliphatic rings. The summed E-state index contributed by atoms with van der Waals surface area (Å²) in [5, 5.41) is 0.673. The van der Waals surface area contributed by atoms with Gasteiger partial charge in [0.2, 0.25) is 5.91 Å². The van der Waals surface area contributed by atoms with Crippen molar-refractivity contribution in [2.75, 3.05) is 13.7 Å². The first-order chi connectivity index (χ1) is 13.0. The average molecular weight is 364 g/mol. The normalized spacial score (nSPS) is 10.8. The average Bonchev–Trinajstić information content (AvgIpc) is 2.69. The molecule has 0 unspecified atom stereocenters. The first-order valence-corrected chi connectivity index (χ1v) is 8.98. The molecule has 0 bridgehead atoms. The first-order valence-electron chi connectivity index (χ1n) is 8.98. The predicted octanol–water partition coefficient (Wildman–Crippen LogP) is 3.44. The molecule has 3 aromatic rings. The molecule has 0 aliphatic carbocycles. The molecule has 0 spiro atoms. The molecule has 0 saturated heterocycles. The van der Waals surface area contributed by atoms with E-state index in [1.165, 1.54) is 0 Å². The summed E-state index contributed by atoms with van der Waals surface area (Å²) < 4.78 is 5.17. The van der Waals surface area contributed by atoms with E-state index < -0.39 is 0 Å². The quantitative estimate of drug-likeness (QED) is 0.729. The number of carbonyl (C=O) groups excluding carboxylic acids is 1. The molecule has 0 saturated carbocycles. The number of hydrogen-bond acceptors (Lipinski definition) is 3. The Morgan fingerprint density at radius 2 is 1.81 bits per heavy atom. The van der Waals surface area contributed by atoms with Crippen molar-refractivity contribution >= 4 is 16.8 Å². The van der Waals surface area contributed by atoms with Crippen LogP contribution in [0.25, 0.3) is 10.9 Å². The van der Waals surface area contributed by atoms with Crippen LogP contribution in [0, 0.1) is 6.92 Å². The van der Waals surface area contributed by atoms with Crippen molar-refractivity contribution in [2.24, 2.45) is 0 Å². The van der Waals surface area contributed by atoms with Gasteiger partial charge in [0.25, 0.3) is 0 Å². The van der Waals surface area contributed by atoms with E-state index >= 15 is 0 Å². The smallest absolute Gasteiger partial charge is 0.219 e. The summed E-state index contributed by atoms with van der Waals surface area (Å²) in [7, 11) is 1.64. The molecule has 1 amide bonds. The third-order valence-corrected chi connectivity index (χ3v) is 4.87. The number of aromatic amines is 1. The fourth-order valence-electron chi connectivity index (χ4n) is 3.14. The number of nitrogens with zero attached hydrogens (tertiary/aromatic N) is 1. The van der Waals surface area contributed by atoms with Crippen molar-refractivity contribution in [1.29, 1.82) is 0 Å². The number of pyridine rings is 1. The number of H-pyrrole nitrogens is 1. The van der Waals surface area contributed by atoms with Gasteiger partial charge in [-0.25, -0.2) is 0 Å². The molecule has 0 fully saturated rings. The van der Waals surface area contributed by atoms with Crippen molar-refractivity contribution in [2.45, 2.75) is 26.8 Å². The standard InChI is InChI=1S/C22H24N2O3/c1-15-21(23-20-7-5-4-6-19(20)22(15)26)14-24(16(2)25)13-12-17-8-10-18(27-3)11-9-17/h4-11H,12-14H2,1-3H3,(H,23,26). The summed E-state index contributed by atoms with van der Waals surface area (Å²) in [4.78, 5) is 29.8. The molecule has 1 heterocycles. The predicted molar refractivity (Wildman–Crippen MR) is 107 cm³/mol. The Hall–Kier alpha value is -3.08. The Labute approximate surface area is 158 Å². The third-order valence-electron chi connectivity index (χ3n) is 4.87.